The van der Waals surface area contributed by atoms with Gasteiger partial charge in [0.1, 0.15) is 11.5 Å². The van der Waals surface area contributed by atoms with Crippen LogP contribution in [-0.4, -0.2) is 22.8 Å². The van der Waals surface area contributed by atoms with Crippen molar-refractivity contribution in [1.29, 1.82) is 0 Å². The number of non-ortho nitro benzene ring substituents is 1. The van der Waals surface area contributed by atoms with Crippen LogP contribution >= 0.6 is 0 Å². The molecule has 0 amide bonds. The highest BCUT2D eigenvalue weighted by Crippen LogP contribution is 2.48. The lowest BCUT2D eigenvalue weighted by Gasteiger charge is -2.38. The van der Waals surface area contributed by atoms with E-state index in [4.69, 9.17) is 14.6 Å². The van der Waals surface area contributed by atoms with E-state index >= 15 is 0 Å². The van der Waals surface area contributed by atoms with Gasteiger partial charge in [0.25, 0.3) is 5.69 Å². The van der Waals surface area contributed by atoms with E-state index in [-0.39, 0.29) is 16.7 Å². The summed E-state index contributed by atoms with van der Waals surface area (Å²) >= 11 is 0. The average Bonchev–Trinajstić information content (AvgIpc) is 3.24. The molecule has 0 saturated carbocycles. The number of aryl methyl sites for hydroxylation is 1. The number of nitrogens with zero attached hydrogens (tertiary/aromatic N) is 3. The second kappa shape index (κ2) is 7.43. The van der Waals surface area contributed by atoms with Crippen molar-refractivity contribution in [2.75, 3.05) is 7.11 Å². The maximum Gasteiger partial charge on any atom is 0.270 e. The van der Waals surface area contributed by atoms with Crippen LogP contribution in [0.1, 0.15) is 40.9 Å². The molecule has 2 aliphatic heterocycles. The van der Waals surface area contributed by atoms with Crippen LogP contribution in [0.15, 0.2) is 71.8 Å². The first-order valence-corrected chi connectivity index (χ1v) is 10.1. The van der Waals surface area contributed by atoms with E-state index in [9.17, 15) is 10.1 Å². The Kier molecular flexibility index (Phi) is 4.58. The lowest BCUT2D eigenvalue weighted by Crippen LogP contribution is -2.33. The van der Waals surface area contributed by atoms with Gasteiger partial charge in [-0.25, -0.2) is 5.01 Å². The first-order valence-electron chi connectivity index (χ1n) is 10.1. The van der Waals surface area contributed by atoms with Crippen LogP contribution in [0.2, 0.25) is 0 Å². The molecule has 2 unspecified atom stereocenters. The van der Waals surface area contributed by atoms with E-state index in [0.717, 1.165) is 33.7 Å². The first kappa shape index (κ1) is 19.1. The molecule has 2 atom stereocenters. The predicted molar refractivity (Wildman–Crippen MR) is 116 cm³/mol. The van der Waals surface area contributed by atoms with Gasteiger partial charge in [-0.1, -0.05) is 29.8 Å². The number of rotatable bonds is 4. The third-order valence-corrected chi connectivity index (χ3v) is 5.77. The van der Waals surface area contributed by atoms with Crippen molar-refractivity contribution in [2.24, 2.45) is 5.10 Å². The zero-order valence-electron chi connectivity index (χ0n) is 17.2. The predicted octanol–water partition coefficient (Wildman–Crippen LogP) is 5.15. The van der Waals surface area contributed by atoms with Gasteiger partial charge in [0, 0.05) is 29.7 Å². The number of hydrogen-bond acceptors (Lipinski definition) is 6. The fourth-order valence-corrected chi connectivity index (χ4v) is 4.10. The van der Waals surface area contributed by atoms with Gasteiger partial charge in [-0.05, 0) is 42.8 Å². The second-order valence-electron chi connectivity index (χ2n) is 7.74. The molecule has 7 heteroatoms. The number of hydrazone groups is 1. The Morgan fingerprint density at radius 1 is 1.10 bits per heavy atom. The van der Waals surface area contributed by atoms with Crippen molar-refractivity contribution < 1.29 is 14.4 Å². The Hall–Kier alpha value is -3.87. The van der Waals surface area contributed by atoms with Crippen LogP contribution in [0, 0.1) is 17.0 Å². The Balaban J connectivity index is 1.58. The summed E-state index contributed by atoms with van der Waals surface area (Å²) in [6.45, 7) is 2.04. The minimum atomic E-state index is -0.407. The summed E-state index contributed by atoms with van der Waals surface area (Å²) in [4.78, 5) is 11.0. The largest absolute Gasteiger partial charge is 0.497 e. The monoisotopic (exact) mass is 415 g/mol. The summed E-state index contributed by atoms with van der Waals surface area (Å²) in [6.07, 6.45) is 0.224. The summed E-state index contributed by atoms with van der Waals surface area (Å²) in [5.74, 6) is 1.44. The molecule has 31 heavy (non-hydrogen) atoms. The van der Waals surface area contributed by atoms with Gasteiger partial charge in [0.2, 0.25) is 6.23 Å². The van der Waals surface area contributed by atoms with E-state index in [1.807, 2.05) is 60.5 Å². The third kappa shape index (κ3) is 3.38. The van der Waals surface area contributed by atoms with Gasteiger partial charge >= 0.3 is 0 Å². The summed E-state index contributed by atoms with van der Waals surface area (Å²) in [5.41, 5.74) is 4.88. The van der Waals surface area contributed by atoms with Crippen molar-refractivity contribution >= 4 is 11.4 Å². The van der Waals surface area contributed by atoms with Gasteiger partial charge < -0.3 is 9.47 Å². The molecular weight excluding hydrogens is 394 g/mol. The molecule has 0 fully saturated rings. The zero-order valence-corrected chi connectivity index (χ0v) is 17.2. The molecule has 3 aromatic rings. The molecule has 0 N–H and O–H groups in total. The Morgan fingerprint density at radius 3 is 2.52 bits per heavy atom. The van der Waals surface area contributed by atoms with Gasteiger partial charge in [0.05, 0.1) is 23.8 Å². The van der Waals surface area contributed by atoms with E-state index < -0.39 is 6.23 Å². The Bertz CT molecular complexity index is 1170. The topological polar surface area (TPSA) is 77.2 Å². The van der Waals surface area contributed by atoms with Crippen LogP contribution in [-0.2, 0) is 0 Å². The lowest BCUT2D eigenvalue weighted by atomic mass is 9.95. The summed E-state index contributed by atoms with van der Waals surface area (Å²) < 4.78 is 11.6. The molecule has 0 spiro atoms. The smallest absolute Gasteiger partial charge is 0.270 e. The third-order valence-electron chi connectivity index (χ3n) is 5.77. The lowest BCUT2D eigenvalue weighted by molar-refractivity contribution is -0.385. The van der Waals surface area contributed by atoms with Gasteiger partial charge in [-0.3, -0.25) is 10.1 Å². The van der Waals surface area contributed by atoms with E-state index in [1.54, 1.807) is 19.2 Å². The SMILES string of the molecule is COc1ccc(C2=NN3C(C2)c2cc([N+](=O)[O-])ccc2OC3c2ccc(C)cc2)cc1. The van der Waals surface area contributed by atoms with Crippen molar-refractivity contribution in [3.63, 3.8) is 0 Å². The van der Waals surface area contributed by atoms with E-state index in [1.165, 1.54) is 6.07 Å². The molecule has 0 aliphatic carbocycles. The number of fused-ring (bicyclic) bond motifs is 3. The standard InChI is InChI=1S/C24H21N3O4/c1-15-3-5-17(6-4-15)24-26-22(20-13-18(27(28)29)9-12-23(20)31-24)14-21(25-26)16-7-10-19(30-2)11-8-16/h3-13,22,24H,14H2,1-2H3. The fraction of sp³-hybridized carbons (Fsp3) is 0.208. The van der Waals surface area contributed by atoms with Crippen molar-refractivity contribution in [2.45, 2.75) is 25.6 Å². The summed E-state index contributed by atoms with van der Waals surface area (Å²) in [5, 5.41) is 18.2. The van der Waals surface area contributed by atoms with Crippen LogP contribution in [0.25, 0.3) is 0 Å². The molecule has 156 valence electrons. The second-order valence-corrected chi connectivity index (χ2v) is 7.74. The fourth-order valence-electron chi connectivity index (χ4n) is 4.10. The maximum atomic E-state index is 11.4. The number of hydrogen-bond donors (Lipinski definition) is 0. The zero-order chi connectivity index (χ0) is 21.5. The molecule has 7 nitrogen and oxygen atoms in total. The number of methoxy groups -OCH3 is 1. The minimum Gasteiger partial charge on any atom is -0.497 e. The van der Waals surface area contributed by atoms with Crippen molar-refractivity contribution in [1.82, 2.24) is 5.01 Å². The van der Waals surface area contributed by atoms with E-state index in [2.05, 4.69) is 0 Å². The highest BCUT2D eigenvalue weighted by atomic mass is 16.6. The first-order chi connectivity index (χ1) is 15.0. The molecular formula is C24H21N3O4. The average molecular weight is 415 g/mol. The molecule has 0 aromatic heterocycles. The van der Waals surface area contributed by atoms with Gasteiger partial charge in [0.15, 0.2) is 0 Å². The number of nitro groups is 1. The van der Waals surface area contributed by atoms with Gasteiger partial charge in [-0.2, -0.15) is 5.10 Å². The highest BCUT2D eigenvalue weighted by Gasteiger charge is 2.41. The highest BCUT2D eigenvalue weighted by molar-refractivity contribution is 6.02. The molecule has 2 heterocycles. The van der Waals surface area contributed by atoms with Crippen molar-refractivity contribution in [3.05, 3.63) is 99.1 Å². The van der Waals surface area contributed by atoms with E-state index in [0.29, 0.717) is 12.2 Å². The Morgan fingerprint density at radius 2 is 1.84 bits per heavy atom. The van der Waals surface area contributed by atoms with Crippen molar-refractivity contribution in [3.8, 4) is 11.5 Å². The van der Waals surface area contributed by atoms with Crippen LogP contribution in [0.4, 0.5) is 5.69 Å². The quantitative estimate of drug-likeness (QED) is 0.435. The van der Waals surface area contributed by atoms with Crippen LogP contribution in [0.3, 0.4) is 0 Å². The Labute approximate surface area is 179 Å². The minimum absolute atomic E-state index is 0.0500. The molecule has 5 rings (SSSR count). The molecule has 0 saturated heterocycles. The summed E-state index contributed by atoms with van der Waals surface area (Å²) in [7, 11) is 1.63. The maximum absolute atomic E-state index is 11.4. The molecule has 0 bridgehead atoms. The molecule has 2 aliphatic rings. The van der Waals surface area contributed by atoms with Crippen LogP contribution in [0.5, 0.6) is 11.5 Å². The van der Waals surface area contributed by atoms with Crippen LogP contribution < -0.4 is 9.47 Å². The molecule has 0 radical (unpaired) electrons. The number of nitro benzene ring substituents is 1. The number of benzene rings is 3. The normalized spacial score (nSPS) is 19.2. The van der Waals surface area contributed by atoms with Gasteiger partial charge in [-0.15, -0.1) is 0 Å². The summed E-state index contributed by atoms with van der Waals surface area (Å²) in [6, 6.07) is 20.6. The number of ether oxygens (including phenoxy) is 2. The molecule has 3 aromatic carbocycles.